The van der Waals surface area contributed by atoms with Crippen LogP contribution in [0.5, 0.6) is 0 Å². The Morgan fingerprint density at radius 2 is 0.944 bits per heavy atom. The summed E-state index contributed by atoms with van der Waals surface area (Å²) in [5, 5.41) is 0. The zero-order chi connectivity index (χ0) is 12.3. The van der Waals surface area contributed by atoms with Crippen LogP contribution in [0, 0.1) is 0 Å². The Morgan fingerprint density at radius 1 is 0.611 bits per heavy atom. The van der Waals surface area contributed by atoms with Crippen LogP contribution in [-0.2, 0) is 0 Å². The molecule has 0 saturated heterocycles. The van der Waals surface area contributed by atoms with Gasteiger partial charge >= 0.3 is 0 Å². The van der Waals surface area contributed by atoms with Gasteiger partial charge in [-0.2, -0.15) is 0 Å². The smallest absolute Gasteiger partial charge is 0.0780 e. The molecule has 0 aromatic carbocycles. The van der Waals surface area contributed by atoms with Crippen LogP contribution in [0.2, 0.25) is 0 Å². The van der Waals surface area contributed by atoms with Crippen molar-refractivity contribution in [1.82, 2.24) is 0 Å². The van der Waals surface area contributed by atoms with E-state index < -0.39 is 0 Å². The van der Waals surface area contributed by atoms with Crippen molar-refractivity contribution < 1.29 is 26.9 Å². The van der Waals surface area contributed by atoms with E-state index in [1.807, 2.05) is 0 Å². The van der Waals surface area contributed by atoms with Gasteiger partial charge in [-0.3, -0.25) is 0 Å². The van der Waals surface area contributed by atoms with Gasteiger partial charge in [0.2, 0.25) is 0 Å². The van der Waals surface area contributed by atoms with E-state index in [0.717, 1.165) is 4.48 Å². The quantitative estimate of drug-likeness (QED) is 0.397. The zero-order valence-electron chi connectivity index (χ0n) is 13.1. The van der Waals surface area contributed by atoms with Gasteiger partial charge in [0, 0.05) is 0 Å². The maximum absolute atomic E-state index is 2.29. The van der Waals surface area contributed by atoms with Crippen molar-refractivity contribution in [2.75, 3.05) is 27.7 Å². The standard InChI is InChI=1S/C15H34N.BrH.H2O/c1-5-6-7-8-9-10-11-12-13-14-15-16(2,3)4;;/h5-15H2,1-4H3;1H;1H2/q+1;;/p-1. The molecule has 18 heavy (non-hydrogen) atoms. The summed E-state index contributed by atoms with van der Waals surface area (Å²) in [5.41, 5.74) is 0. The van der Waals surface area contributed by atoms with Gasteiger partial charge in [-0.25, -0.2) is 0 Å². The molecule has 0 aromatic heterocycles. The van der Waals surface area contributed by atoms with Crippen LogP contribution in [0.1, 0.15) is 71.1 Å². The molecule has 2 N–H and O–H groups in total. The highest BCUT2D eigenvalue weighted by Crippen LogP contribution is 2.10. The predicted octanol–water partition coefficient (Wildman–Crippen LogP) is 0.793. The SMILES string of the molecule is CCCCCCCCCCCC[N+](C)(C)C.O.[Br-]. The van der Waals surface area contributed by atoms with Gasteiger partial charge in [0.15, 0.2) is 0 Å². The van der Waals surface area contributed by atoms with Gasteiger partial charge in [-0.05, 0) is 12.8 Å². The first-order valence-electron chi connectivity index (χ1n) is 7.36. The fourth-order valence-electron chi connectivity index (χ4n) is 2.07. The van der Waals surface area contributed by atoms with E-state index in [4.69, 9.17) is 0 Å². The Bertz CT molecular complexity index is 146. The third-order valence-corrected chi connectivity index (χ3v) is 3.18. The maximum atomic E-state index is 2.29. The molecule has 0 atom stereocenters. The Morgan fingerprint density at radius 3 is 1.28 bits per heavy atom. The van der Waals surface area contributed by atoms with E-state index >= 15 is 0 Å². The second-order valence-electron chi connectivity index (χ2n) is 6.20. The molecule has 0 rings (SSSR count). The van der Waals surface area contributed by atoms with Gasteiger partial charge < -0.3 is 26.9 Å². The molecule has 0 spiro atoms. The van der Waals surface area contributed by atoms with Crippen LogP contribution in [-0.4, -0.2) is 37.6 Å². The molecule has 0 aliphatic rings. The molecule has 0 aromatic rings. The monoisotopic (exact) mass is 325 g/mol. The van der Waals surface area contributed by atoms with Gasteiger partial charge in [0.05, 0.1) is 27.7 Å². The van der Waals surface area contributed by atoms with E-state index in [2.05, 4.69) is 28.1 Å². The molecule has 0 radical (unpaired) electrons. The van der Waals surface area contributed by atoms with Gasteiger partial charge in [-0.1, -0.05) is 58.3 Å². The summed E-state index contributed by atoms with van der Waals surface area (Å²) in [5.74, 6) is 0. The highest BCUT2D eigenvalue weighted by Gasteiger charge is 2.04. The van der Waals surface area contributed by atoms with E-state index in [9.17, 15) is 0 Å². The lowest BCUT2D eigenvalue weighted by atomic mass is 10.1. The Hall–Kier alpha value is 0.400. The molecule has 0 saturated carbocycles. The summed E-state index contributed by atoms with van der Waals surface area (Å²) in [4.78, 5) is 0. The number of halogens is 1. The summed E-state index contributed by atoms with van der Waals surface area (Å²) < 4.78 is 1.12. The normalized spacial score (nSPS) is 10.7. The first-order valence-corrected chi connectivity index (χ1v) is 7.36. The number of rotatable bonds is 11. The van der Waals surface area contributed by atoms with Crippen LogP contribution in [0.4, 0.5) is 0 Å². The van der Waals surface area contributed by atoms with E-state index in [-0.39, 0.29) is 22.5 Å². The Kier molecular flexibility index (Phi) is 20.2. The summed E-state index contributed by atoms with van der Waals surface area (Å²) in [6, 6.07) is 0. The van der Waals surface area contributed by atoms with E-state index in [0.29, 0.717) is 0 Å². The molecular formula is C15H36BrNO. The van der Waals surface area contributed by atoms with Crippen LogP contribution >= 0.6 is 0 Å². The fraction of sp³-hybridized carbons (Fsp3) is 1.00. The maximum Gasteiger partial charge on any atom is 0.0780 e. The predicted molar refractivity (Wildman–Crippen MR) is 78.4 cm³/mol. The largest absolute Gasteiger partial charge is 1.00 e. The first-order chi connectivity index (χ1) is 7.56. The second kappa shape index (κ2) is 15.5. The minimum atomic E-state index is 0. The molecule has 0 amide bonds. The van der Waals surface area contributed by atoms with Gasteiger partial charge in [0.25, 0.3) is 0 Å². The Balaban J connectivity index is -0.00000112. The average molecular weight is 326 g/mol. The third-order valence-electron chi connectivity index (χ3n) is 3.18. The molecule has 0 aliphatic heterocycles. The summed E-state index contributed by atoms with van der Waals surface area (Å²) in [6.45, 7) is 3.62. The highest BCUT2D eigenvalue weighted by molar-refractivity contribution is 4.47. The van der Waals surface area contributed by atoms with E-state index in [1.165, 1.54) is 70.8 Å². The highest BCUT2D eigenvalue weighted by atomic mass is 79.9. The van der Waals surface area contributed by atoms with Crippen molar-refractivity contribution in [2.24, 2.45) is 0 Å². The number of hydrogen-bond donors (Lipinski definition) is 0. The number of nitrogens with zero attached hydrogens (tertiary/aromatic N) is 1. The first kappa shape index (κ1) is 23.5. The molecule has 0 fully saturated rings. The number of quaternary nitrogens is 1. The Labute approximate surface area is 126 Å². The lowest BCUT2D eigenvalue weighted by molar-refractivity contribution is -0.870. The van der Waals surface area contributed by atoms with Crippen molar-refractivity contribution in [1.29, 1.82) is 0 Å². The van der Waals surface area contributed by atoms with Gasteiger partial charge in [-0.15, -0.1) is 0 Å². The average Bonchev–Trinajstić information content (AvgIpc) is 2.19. The lowest BCUT2D eigenvalue weighted by Crippen LogP contribution is -3.00. The van der Waals surface area contributed by atoms with Crippen molar-refractivity contribution in [3.63, 3.8) is 0 Å². The van der Waals surface area contributed by atoms with Gasteiger partial charge in [0.1, 0.15) is 0 Å². The molecular weight excluding hydrogens is 290 g/mol. The zero-order valence-corrected chi connectivity index (χ0v) is 14.7. The molecule has 0 heterocycles. The van der Waals surface area contributed by atoms with Crippen LogP contribution < -0.4 is 17.0 Å². The minimum Gasteiger partial charge on any atom is -1.00 e. The molecule has 3 heteroatoms. The van der Waals surface area contributed by atoms with Crippen molar-refractivity contribution >= 4 is 0 Å². The molecule has 0 unspecified atom stereocenters. The van der Waals surface area contributed by atoms with Crippen molar-refractivity contribution in [3.05, 3.63) is 0 Å². The molecule has 0 aliphatic carbocycles. The summed E-state index contributed by atoms with van der Waals surface area (Å²) in [6.07, 6.45) is 14.4. The number of unbranched alkanes of at least 4 members (excludes halogenated alkanes) is 9. The fourth-order valence-corrected chi connectivity index (χ4v) is 2.07. The second-order valence-corrected chi connectivity index (χ2v) is 6.20. The molecule has 0 bridgehead atoms. The molecule has 114 valence electrons. The minimum absolute atomic E-state index is 0. The summed E-state index contributed by atoms with van der Waals surface area (Å²) >= 11 is 0. The van der Waals surface area contributed by atoms with Crippen LogP contribution in [0.3, 0.4) is 0 Å². The molecule has 2 nitrogen and oxygen atoms in total. The lowest BCUT2D eigenvalue weighted by Gasteiger charge is -2.23. The summed E-state index contributed by atoms with van der Waals surface area (Å²) in [7, 11) is 6.86. The van der Waals surface area contributed by atoms with Crippen molar-refractivity contribution in [2.45, 2.75) is 71.1 Å². The van der Waals surface area contributed by atoms with Crippen LogP contribution in [0.25, 0.3) is 0 Å². The van der Waals surface area contributed by atoms with Crippen molar-refractivity contribution in [3.8, 4) is 0 Å². The van der Waals surface area contributed by atoms with E-state index in [1.54, 1.807) is 0 Å². The number of hydrogen-bond acceptors (Lipinski definition) is 0. The third kappa shape index (κ3) is 21.7. The van der Waals surface area contributed by atoms with Crippen LogP contribution in [0.15, 0.2) is 0 Å². The topological polar surface area (TPSA) is 31.5 Å².